The molecule has 2 amide bonds. The predicted molar refractivity (Wildman–Crippen MR) is 106 cm³/mol. The lowest BCUT2D eigenvalue weighted by Crippen LogP contribution is -2.40. The fourth-order valence-electron chi connectivity index (χ4n) is 2.49. The van der Waals surface area contributed by atoms with Gasteiger partial charge < -0.3 is 20.9 Å². The molecule has 0 aromatic heterocycles. The standard InChI is InChI=1S/C19H31N5O2/c1-5-20-19(21-12-11-18(26)24(6-2)7-3)22-14-16-9-8-10-17(13-16)23-15(4)25/h8-10,13H,5-7,11-12,14H2,1-4H3,(H,23,25)(H2,20,21,22). The van der Waals surface area contributed by atoms with Crippen LogP contribution < -0.4 is 16.0 Å². The average Bonchev–Trinajstić information content (AvgIpc) is 2.60. The van der Waals surface area contributed by atoms with E-state index in [-0.39, 0.29) is 11.8 Å². The van der Waals surface area contributed by atoms with Crippen LogP contribution in [0, 0.1) is 0 Å². The second kappa shape index (κ2) is 11.9. The summed E-state index contributed by atoms with van der Waals surface area (Å²) in [6, 6.07) is 7.59. The van der Waals surface area contributed by atoms with Crippen LogP contribution in [0.2, 0.25) is 0 Å². The zero-order chi connectivity index (χ0) is 19.4. The van der Waals surface area contributed by atoms with Crippen LogP contribution in [0.3, 0.4) is 0 Å². The number of carbonyl (C=O) groups excluding carboxylic acids is 2. The molecular formula is C19H31N5O2. The molecule has 0 radical (unpaired) electrons. The first-order valence-electron chi connectivity index (χ1n) is 9.16. The van der Waals surface area contributed by atoms with Crippen molar-refractivity contribution in [1.29, 1.82) is 0 Å². The maximum atomic E-state index is 12.0. The van der Waals surface area contributed by atoms with Gasteiger partial charge in [0.05, 0.1) is 6.54 Å². The van der Waals surface area contributed by atoms with E-state index in [9.17, 15) is 9.59 Å². The molecule has 7 heteroatoms. The molecule has 1 aromatic carbocycles. The highest BCUT2D eigenvalue weighted by molar-refractivity contribution is 5.88. The summed E-state index contributed by atoms with van der Waals surface area (Å²) >= 11 is 0. The van der Waals surface area contributed by atoms with Gasteiger partial charge in [-0.1, -0.05) is 12.1 Å². The molecule has 0 saturated carbocycles. The van der Waals surface area contributed by atoms with Crippen molar-refractivity contribution in [2.75, 3.05) is 31.5 Å². The minimum absolute atomic E-state index is 0.0986. The van der Waals surface area contributed by atoms with Gasteiger partial charge in [-0.25, -0.2) is 4.99 Å². The van der Waals surface area contributed by atoms with Crippen molar-refractivity contribution >= 4 is 23.5 Å². The SMILES string of the molecule is CCNC(=NCc1cccc(NC(C)=O)c1)NCCC(=O)N(CC)CC. The zero-order valence-corrected chi connectivity index (χ0v) is 16.3. The van der Waals surface area contributed by atoms with Crippen molar-refractivity contribution in [3.63, 3.8) is 0 Å². The van der Waals surface area contributed by atoms with Crippen LogP contribution in [0.5, 0.6) is 0 Å². The molecule has 1 aromatic rings. The maximum Gasteiger partial charge on any atom is 0.224 e. The highest BCUT2D eigenvalue weighted by Gasteiger charge is 2.09. The molecule has 1 rings (SSSR count). The maximum absolute atomic E-state index is 12.0. The first-order chi connectivity index (χ1) is 12.5. The summed E-state index contributed by atoms with van der Waals surface area (Å²) in [5.74, 6) is 0.713. The highest BCUT2D eigenvalue weighted by atomic mass is 16.2. The molecule has 144 valence electrons. The smallest absolute Gasteiger partial charge is 0.224 e. The highest BCUT2D eigenvalue weighted by Crippen LogP contribution is 2.11. The molecule has 0 saturated heterocycles. The lowest BCUT2D eigenvalue weighted by atomic mass is 10.2. The molecule has 0 atom stereocenters. The Labute approximate surface area is 156 Å². The third-order valence-electron chi connectivity index (χ3n) is 3.76. The Hall–Kier alpha value is -2.57. The minimum atomic E-state index is -0.0986. The van der Waals surface area contributed by atoms with Gasteiger partial charge in [-0.3, -0.25) is 9.59 Å². The van der Waals surface area contributed by atoms with E-state index in [1.165, 1.54) is 6.92 Å². The Morgan fingerprint density at radius 2 is 1.85 bits per heavy atom. The zero-order valence-electron chi connectivity index (χ0n) is 16.3. The van der Waals surface area contributed by atoms with E-state index in [4.69, 9.17) is 0 Å². The van der Waals surface area contributed by atoms with Gasteiger partial charge in [-0.2, -0.15) is 0 Å². The average molecular weight is 361 g/mol. The first kappa shape index (κ1) is 21.5. The molecule has 0 aliphatic carbocycles. The summed E-state index contributed by atoms with van der Waals surface area (Å²) in [6.07, 6.45) is 0.435. The minimum Gasteiger partial charge on any atom is -0.357 e. The fourth-order valence-corrected chi connectivity index (χ4v) is 2.49. The largest absolute Gasteiger partial charge is 0.357 e. The van der Waals surface area contributed by atoms with Crippen LogP contribution in [0.15, 0.2) is 29.3 Å². The summed E-state index contributed by atoms with van der Waals surface area (Å²) in [7, 11) is 0. The van der Waals surface area contributed by atoms with Crippen LogP contribution >= 0.6 is 0 Å². The van der Waals surface area contributed by atoms with E-state index in [0.717, 1.165) is 30.9 Å². The van der Waals surface area contributed by atoms with Gasteiger partial charge in [-0.15, -0.1) is 0 Å². The molecule has 26 heavy (non-hydrogen) atoms. The fraction of sp³-hybridized carbons (Fsp3) is 0.526. The Balaban J connectivity index is 2.60. The molecular weight excluding hydrogens is 330 g/mol. The van der Waals surface area contributed by atoms with E-state index in [2.05, 4.69) is 20.9 Å². The first-order valence-corrected chi connectivity index (χ1v) is 9.16. The lowest BCUT2D eigenvalue weighted by Gasteiger charge is -2.19. The monoisotopic (exact) mass is 361 g/mol. The molecule has 0 aliphatic rings. The van der Waals surface area contributed by atoms with Crippen LogP contribution in [0.1, 0.15) is 39.7 Å². The summed E-state index contributed by atoms with van der Waals surface area (Å²) in [4.78, 5) is 29.6. The van der Waals surface area contributed by atoms with E-state index in [1.54, 1.807) is 0 Å². The van der Waals surface area contributed by atoms with Gasteiger partial charge in [-0.05, 0) is 38.5 Å². The van der Waals surface area contributed by atoms with Crippen molar-refractivity contribution in [3.8, 4) is 0 Å². The van der Waals surface area contributed by atoms with Crippen molar-refractivity contribution in [1.82, 2.24) is 15.5 Å². The third-order valence-corrected chi connectivity index (χ3v) is 3.76. The molecule has 0 spiro atoms. The van der Waals surface area contributed by atoms with Crippen LogP contribution in [-0.4, -0.2) is 48.9 Å². The van der Waals surface area contributed by atoms with Crippen LogP contribution in [-0.2, 0) is 16.1 Å². The molecule has 0 bridgehead atoms. The molecule has 0 aliphatic heterocycles. The Morgan fingerprint density at radius 3 is 2.46 bits per heavy atom. The van der Waals surface area contributed by atoms with Crippen LogP contribution in [0.25, 0.3) is 0 Å². The number of hydrogen-bond acceptors (Lipinski definition) is 3. The quantitative estimate of drug-likeness (QED) is 0.464. The number of carbonyl (C=O) groups is 2. The molecule has 3 N–H and O–H groups in total. The number of amides is 2. The Morgan fingerprint density at radius 1 is 1.12 bits per heavy atom. The summed E-state index contributed by atoms with van der Waals surface area (Å²) in [5.41, 5.74) is 1.75. The number of guanidine groups is 1. The summed E-state index contributed by atoms with van der Waals surface area (Å²) < 4.78 is 0. The van der Waals surface area contributed by atoms with Crippen molar-refractivity contribution in [3.05, 3.63) is 29.8 Å². The number of benzene rings is 1. The third kappa shape index (κ3) is 8.00. The molecule has 7 nitrogen and oxygen atoms in total. The molecule has 0 unspecified atom stereocenters. The second-order valence-electron chi connectivity index (χ2n) is 5.82. The molecule has 0 heterocycles. The van der Waals surface area contributed by atoms with Crippen molar-refractivity contribution in [2.45, 2.75) is 40.7 Å². The van der Waals surface area contributed by atoms with E-state index < -0.39 is 0 Å². The molecule has 0 fully saturated rings. The number of nitrogens with one attached hydrogen (secondary N) is 3. The normalized spacial score (nSPS) is 11.0. The van der Waals surface area contributed by atoms with E-state index in [0.29, 0.717) is 25.5 Å². The topological polar surface area (TPSA) is 85.8 Å². The van der Waals surface area contributed by atoms with Gasteiger partial charge >= 0.3 is 0 Å². The van der Waals surface area contributed by atoms with Crippen LogP contribution in [0.4, 0.5) is 5.69 Å². The Kier molecular flexibility index (Phi) is 9.82. The summed E-state index contributed by atoms with van der Waals surface area (Å²) in [6.45, 7) is 10.7. The predicted octanol–water partition coefficient (Wildman–Crippen LogP) is 1.96. The number of rotatable bonds is 9. The van der Waals surface area contributed by atoms with Gasteiger partial charge in [0.15, 0.2) is 5.96 Å². The van der Waals surface area contributed by atoms with Gasteiger partial charge in [0, 0.05) is 45.2 Å². The van der Waals surface area contributed by atoms with Crippen molar-refractivity contribution < 1.29 is 9.59 Å². The lowest BCUT2D eigenvalue weighted by molar-refractivity contribution is -0.130. The number of hydrogen-bond donors (Lipinski definition) is 3. The van der Waals surface area contributed by atoms with Gasteiger partial charge in [0.25, 0.3) is 0 Å². The second-order valence-corrected chi connectivity index (χ2v) is 5.82. The Bertz CT molecular complexity index is 612. The number of aliphatic imine (C=N–C) groups is 1. The summed E-state index contributed by atoms with van der Waals surface area (Å²) in [5, 5.41) is 9.13. The van der Waals surface area contributed by atoms with Gasteiger partial charge in [0.1, 0.15) is 0 Å². The number of nitrogens with zero attached hydrogens (tertiary/aromatic N) is 2. The number of anilines is 1. The van der Waals surface area contributed by atoms with Crippen molar-refractivity contribution in [2.24, 2.45) is 4.99 Å². The van der Waals surface area contributed by atoms with E-state index >= 15 is 0 Å². The van der Waals surface area contributed by atoms with E-state index in [1.807, 2.05) is 49.9 Å². The van der Waals surface area contributed by atoms with Gasteiger partial charge in [0.2, 0.25) is 11.8 Å².